The predicted molar refractivity (Wildman–Crippen MR) is 49.6 cm³/mol. The van der Waals surface area contributed by atoms with Crippen LogP contribution in [0.15, 0.2) is 39.5 Å². The molecule has 0 aliphatic heterocycles. The molecule has 0 saturated heterocycles. The highest BCUT2D eigenvalue weighted by molar-refractivity contribution is 7.93. The highest BCUT2D eigenvalue weighted by atomic mass is 32.2. The van der Waals surface area contributed by atoms with E-state index >= 15 is 0 Å². The van der Waals surface area contributed by atoms with Crippen molar-refractivity contribution in [3.05, 3.63) is 30.0 Å². The molecule has 0 fully saturated rings. The Balaban J connectivity index is 2.55. The van der Waals surface area contributed by atoms with Crippen molar-refractivity contribution in [3.8, 4) is 0 Å². The van der Waals surface area contributed by atoms with Crippen molar-refractivity contribution in [2.75, 3.05) is 0 Å². The van der Waals surface area contributed by atoms with Crippen molar-refractivity contribution in [2.24, 2.45) is 0 Å². The van der Waals surface area contributed by atoms with Gasteiger partial charge in [0.2, 0.25) is 4.34 Å². The highest BCUT2D eigenvalue weighted by Crippen LogP contribution is 2.18. The van der Waals surface area contributed by atoms with E-state index in [0.29, 0.717) is 0 Å². The van der Waals surface area contributed by atoms with E-state index in [9.17, 15) is 8.42 Å². The summed E-state index contributed by atoms with van der Waals surface area (Å²) in [4.78, 5) is 11.1. The molecule has 0 saturated carbocycles. The number of rotatable bonds is 2. The van der Waals surface area contributed by atoms with E-state index in [1.807, 2.05) is 0 Å². The van der Waals surface area contributed by atoms with E-state index in [0.717, 1.165) is 11.3 Å². The van der Waals surface area contributed by atoms with Gasteiger partial charge in [-0.1, -0.05) is 0 Å². The zero-order chi connectivity index (χ0) is 10.0. The van der Waals surface area contributed by atoms with E-state index in [4.69, 9.17) is 0 Å². The molecule has 0 unspecified atom stereocenters. The third kappa shape index (κ3) is 1.51. The molecule has 0 aliphatic carbocycles. The zero-order valence-electron chi connectivity index (χ0n) is 6.86. The second kappa shape index (κ2) is 3.43. The van der Waals surface area contributed by atoms with E-state index < -0.39 is 9.84 Å². The summed E-state index contributed by atoms with van der Waals surface area (Å²) in [5, 5.41) is 1.38. The Morgan fingerprint density at radius 2 is 1.79 bits per heavy atom. The Morgan fingerprint density at radius 3 is 2.36 bits per heavy atom. The Labute approximate surface area is 84.4 Å². The zero-order valence-corrected chi connectivity index (χ0v) is 8.49. The third-order valence-corrected chi connectivity index (χ3v) is 4.19. The quantitative estimate of drug-likeness (QED) is 0.708. The minimum atomic E-state index is -3.61. The maximum atomic E-state index is 11.7. The van der Waals surface area contributed by atoms with E-state index in [-0.39, 0.29) is 9.50 Å². The van der Waals surface area contributed by atoms with Crippen LogP contribution in [0.2, 0.25) is 0 Å². The summed E-state index contributed by atoms with van der Waals surface area (Å²) in [6.45, 7) is 0. The molecule has 2 aromatic rings. The first-order valence-electron chi connectivity index (χ1n) is 3.63. The Kier molecular flexibility index (Phi) is 2.26. The maximum absolute atomic E-state index is 11.7. The fourth-order valence-electron chi connectivity index (χ4n) is 0.845. The van der Waals surface area contributed by atoms with Gasteiger partial charge >= 0.3 is 0 Å². The molecule has 0 aromatic carbocycles. The number of thiazole rings is 1. The summed E-state index contributed by atoms with van der Waals surface area (Å²) in [5.41, 5.74) is 0. The van der Waals surface area contributed by atoms with Gasteiger partial charge in [0, 0.05) is 24.0 Å². The van der Waals surface area contributed by atoms with Crippen molar-refractivity contribution in [1.29, 1.82) is 0 Å². The molecule has 2 aromatic heterocycles. The normalized spacial score (nSPS) is 11.4. The van der Waals surface area contributed by atoms with E-state index in [1.54, 1.807) is 11.4 Å². The molecule has 0 N–H and O–H groups in total. The molecule has 72 valence electrons. The van der Waals surface area contributed by atoms with Crippen molar-refractivity contribution < 1.29 is 8.42 Å². The van der Waals surface area contributed by atoms with Crippen LogP contribution < -0.4 is 0 Å². The molecule has 0 aliphatic rings. The van der Waals surface area contributed by atoms with Crippen LogP contribution in [-0.2, 0) is 9.84 Å². The number of nitrogens with zero attached hydrogens (tertiary/aromatic N) is 3. The number of hydrogen-bond acceptors (Lipinski definition) is 6. The van der Waals surface area contributed by atoms with Gasteiger partial charge in [0.15, 0.2) is 0 Å². The van der Waals surface area contributed by atoms with Crippen molar-refractivity contribution in [1.82, 2.24) is 15.0 Å². The fourth-order valence-corrected chi connectivity index (χ4v) is 2.86. The van der Waals surface area contributed by atoms with Gasteiger partial charge < -0.3 is 0 Å². The van der Waals surface area contributed by atoms with Crippen molar-refractivity contribution >= 4 is 21.2 Å². The second-order valence-electron chi connectivity index (χ2n) is 2.33. The SMILES string of the molecule is O=S(=O)(c1ncccn1)c1nccs1. The monoisotopic (exact) mass is 227 g/mol. The largest absolute Gasteiger partial charge is 0.268 e. The van der Waals surface area contributed by atoms with Crippen molar-refractivity contribution in [2.45, 2.75) is 9.50 Å². The van der Waals surface area contributed by atoms with Crippen LogP contribution in [0.4, 0.5) is 0 Å². The van der Waals surface area contributed by atoms with Crippen LogP contribution in [0.25, 0.3) is 0 Å². The number of aromatic nitrogens is 3. The minimum absolute atomic E-state index is 0.0173. The number of sulfone groups is 1. The molecule has 14 heavy (non-hydrogen) atoms. The summed E-state index contributed by atoms with van der Waals surface area (Å²) in [6.07, 6.45) is 4.20. The Hall–Kier alpha value is -1.34. The van der Waals surface area contributed by atoms with Gasteiger partial charge in [-0.25, -0.2) is 23.4 Å². The van der Waals surface area contributed by atoms with Gasteiger partial charge in [-0.15, -0.1) is 11.3 Å². The van der Waals surface area contributed by atoms with Crippen molar-refractivity contribution in [3.63, 3.8) is 0 Å². The molecular weight excluding hydrogens is 222 g/mol. The molecule has 0 bridgehead atoms. The van der Waals surface area contributed by atoms with E-state index in [1.165, 1.54) is 18.6 Å². The fraction of sp³-hybridized carbons (Fsp3) is 0. The first-order chi connectivity index (χ1) is 6.71. The average Bonchev–Trinajstić information content (AvgIpc) is 2.72. The summed E-state index contributed by atoms with van der Waals surface area (Å²) in [5.74, 6) is 0. The Morgan fingerprint density at radius 1 is 1.07 bits per heavy atom. The third-order valence-electron chi connectivity index (χ3n) is 1.42. The van der Waals surface area contributed by atoms with Crippen LogP contribution in [-0.4, -0.2) is 23.4 Å². The molecule has 0 atom stereocenters. The van der Waals surface area contributed by atoms with Gasteiger partial charge in [0.05, 0.1) is 0 Å². The lowest BCUT2D eigenvalue weighted by molar-refractivity contribution is 0.586. The molecule has 0 spiro atoms. The van der Waals surface area contributed by atoms with Crippen LogP contribution in [0.3, 0.4) is 0 Å². The highest BCUT2D eigenvalue weighted by Gasteiger charge is 2.22. The predicted octanol–water partition coefficient (Wildman–Crippen LogP) is 0.766. The molecule has 0 radical (unpaired) electrons. The number of hydrogen-bond donors (Lipinski definition) is 0. The van der Waals surface area contributed by atoms with Crippen LogP contribution in [0.1, 0.15) is 0 Å². The van der Waals surface area contributed by atoms with Gasteiger partial charge in [0.1, 0.15) is 0 Å². The van der Waals surface area contributed by atoms with Gasteiger partial charge in [-0.3, -0.25) is 0 Å². The van der Waals surface area contributed by atoms with Crippen LogP contribution in [0, 0.1) is 0 Å². The topological polar surface area (TPSA) is 72.8 Å². The lowest BCUT2D eigenvalue weighted by Crippen LogP contribution is -2.05. The molecule has 7 heteroatoms. The molecule has 0 amide bonds. The Bertz CT molecular complexity index is 507. The minimum Gasteiger partial charge on any atom is -0.233 e. The lowest BCUT2D eigenvalue weighted by atomic mass is 10.7. The standard InChI is InChI=1S/C7H5N3O2S2/c11-14(12,7-10-4-5-13-7)6-8-2-1-3-9-6/h1-5H. The summed E-state index contributed by atoms with van der Waals surface area (Å²) >= 11 is 1.05. The smallest absolute Gasteiger partial charge is 0.233 e. The van der Waals surface area contributed by atoms with Gasteiger partial charge in [-0.2, -0.15) is 0 Å². The summed E-state index contributed by atoms with van der Waals surface area (Å²) in [7, 11) is -3.61. The average molecular weight is 227 g/mol. The molecule has 2 heterocycles. The second-order valence-corrected chi connectivity index (χ2v) is 5.24. The summed E-state index contributed by atoms with van der Waals surface area (Å²) in [6, 6.07) is 1.56. The molecular formula is C7H5N3O2S2. The lowest BCUT2D eigenvalue weighted by Gasteiger charge is -1.96. The van der Waals surface area contributed by atoms with Gasteiger partial charge in [0.25, 0.3) is 15.0 Å². The summed E-state index contributed by atoms with van der Waals surface area (Å²) < 4.78 is 23.5. The first-order valence-corrected chi connectivity index (χ1v) is 5.99. The maximum Gasteiger partial charge on any atom is 0.268 e. The van der Waals surface area contributed by atoms with E-state index in [2.05, 4.69) is 15.0 Å². The van der Waals surface area contributed by atoms with Crippen LogP contribution in [0.5, 0.6) is 0 Å². The molecule has 5 nitrogen and oxygen atoms in total. The van der Waals surface area contributed by atoms with Gasteiger partial charge in [-0.05, 0) is 6.07 Å². The molecule has 2 rings (SSSR count). The van der Waals surface area contributed by atoms with Crippen LogP contribution >= 0.6 is 11.3 Å². The first kappa shape index (κ1) is 9.22.